The van der Waals surface area contributed by atoms with Gasteiger partial charge in [-0.05, 0) is 0 Å². The molecular formula is InIrPtRh. The van der Waals surface area contributed by atoms with Crippen LogP contribution >= 0.6 is 0 Å². The third-order valence-corrected chi connectivity index (χ3v) is 0. The molecule has 0 aliphatic rings. The standard InChI is InChI=1S/In.Ir.Pt.Rh. The number of hydrogen-bond acceptors (Lipinski definition) is 0. The Morgan fingerprint density at radius 2 is 1.00 bits per heavy atom. The van der Waals surface area contributed by atoms with Crippen molar-refractivity contribution < 1.29 is 60.6 Å². The van der Waals surface area contributed by atoms with Gasteiger partial charge in [0.15, 0.2) is 0 Å². The molecular weight excluding hydrogens is 605 g/mol. The van der Waals surface area contributed by atoms with Crippen LogP contribution in [0.1, 0.15) is 0 Å². The first-order valence-corrected chi connectivity index (χ1v) is 0. The van der Waals surface area contributed by atoms with E-state index in [4.69, 9.17) is 0 Å². The third-order valence-electron chi connectivity index (χ3n) is 0. The van der Waals surface area contributed by atoms with Crippen molar-refractivity contribution in [3.63, 3.8) is 0 Å². The van der Waals surface area contributed by atoms with E-state index in [-0.39, 0.29) is 86.5 Å². The minimum Gasteiger partial charge on any atom is 0 e. The van der Waals surface area contributed by atoms with Crippen molar-refractivity contribution in [3.8, 4) is 0 Å². The van der Waals surface area contributed by atoms with Crippen LogP contribution in [-0.4, -0.2) is 25.8 Å². The number of hydrogen-bond donors (Lipinski definition) is 0. The van der Waals surface area contributed by atoms with Crippen molar-refractivity contribution in [2.45, 2.75) is 0 Å². The van der Waals surface area contributed by atoms with Gasteiger partial charge in [-0.15, -0.1) is 0 Å². The van der Waals surface area contributed by atoms with Crippen LogP contribution in [0.2, 0.25) is 0 Å². The molecule has 0 unspecified atom stereocenters. The minimum atomic E-state index is 0. The van der Waals surface area contributed by atoms with Crippen LogP contribution in [0.25, 0.3) is 0 Å². The van der Waals surface area contributed by atoms with E-state index in [2.05, 4.69) is 0 Å². The van der Waals surface area contributed by atoms with Crippen molar-refractivity contribution in [3.05, 3.63) is 0 Å². The van der Waals surface area contributed by atoms with E-state index in [0.29, 0.717) is 0 Å². The average Bonchev–Trinajstić information content (AvgIpc) is 0. The average molecular weight is 605 g/mol. The Morgan fingerprint density at radius 1 is 1.00 bits per heavy atom. The maximum Gasteiger partial charge on any atom is 0 e. The second-order valence-corrected chi connectivity index (χ2v) is 0. The van der Waals surface area contributed by atoms with Crippen LogP contribution in [0.5, 0.6) is 0 Å². The van der Waals surface area contributed by atoms with E-state index < -0.39 is 0 Å². The van der Waals surface area contributed by atoms with Gasteiger partial charge in [0.2, 0.25) is 0 Å². The molecule has 0 saturated heterocycles. The van der Waals surface area contributed by atoms with Gasteiger partial charge in [0, 0.05) is 86.5 Å². The summed E-state index contributed by atoms with van der Waals surface area (Å²) >= 11 is 0. The zero-order valence-corrected chi connectivity index (χ0v) is 11.2. The first kappa shape index (κ1) is 29.0. The van der Waals surface area contributed by atoms with Gasteiger partial charge in [-0.25, -0.2) is 0 Å². The maximum absolute atomic E-state index is 0. The summed E-state index contributed by atoms with van der Waals surface area (Å²) in [6, 6.07) is 0. The van der Waals surface area contributed by atoms with Crippen molar-refractivity contribution in [1.29, 1.82) is 0 Å². The molecule has 0 aromatic rings. The van der Waals surface area contributed by atoms with E-state index in [0.717, 1.165) is 0 Å². The van der Waals surface area contributed by atoms with Gasteiger partial charge >= 0.3 is 0 Å². The largest absolute Gasteiger partial charge is 0 e. The normalized spacial score (nSPS) is 0. The fourth-order valence-electron chi connectivity index (χ4n) is 0. The molecule has 31 valence electrons. The van der Waals surface area contributed by atoms with Gasteiger partial charge in [0.1, 0.15) is 0 Å². The van der Waals surface area contributed by atoms with Crippen molar-refractivity contribution in [2.75, 3.05) is 0 Å². The summed E-state index contributed by atoms with van der Waals surface area (Å²) in [4.78, 5) is 0. The Hall–Kier alpha value is 2.83. The van der Waals surface area contributed by atoms with Crippen LogP contribution in [-0.2, 0) is 60.6 Å². The fraction of sp³-hybridized carbons (Fsp3) is 0. The summed E-state index contributed by atoms with van der Waals surface area (Å²) in [6.07, 6.45) is 0. The Morgan fingerprint density at radius 3 is 1.00 bits per heavy atom. The molecule has 0 atom stereocenters. The summed E-state index contributed by atoms with van der Waals surface area (Å²) in [7, 11) is 0. The second kappa shape index (κ2) is 17.0. The molecule has 0 saturated carbocycles. The fourth-order valence-corrected chi connectivity index (χ4v) is 0. The second-order valence-electron chi connectivity index (χ2n) is 0. The summed E-state index contributed by atoms with van der Waals surface area (Å²) in [5.74, 6) is 0. The van der Waals surface area contributed by atoms with Gasteiger partial charge in [0.25, 0.3) is 0 Å². The Kier molecular flexibility index (Phi) is 123. The van der Waals surface area contributed by atoms with Crippen LogP contribution in [0, 0.1) is 0 Å². The SMILES string of the molecule is [In].[Ir].[Pt].[Rh]. The van der Waals surface area contributed by atoms with Gasteiger partial charge in [-0.2, -0.15) is 0 Å². The quantitative estimate of drug-likeness (QED) is 0.331. The molecule has 0 aromatic carbocycles. The maximum atomic E-state index is 0. The van der Waals surface area contributed by atoms with Crippen molar-refractivity contribution >= 4 is 25.8 Å². The van der Waals surface area contributed by atoms with Gasteiger partial charge in [-0.1, -0.05) is 0 Å². The smallest absolute Gasteiger partial charge is 0 e. The van der Waals surface area contributed by atoms with Crippen molar-refractivity contribution in [2.24, 2.45) is 0 Å². The molecule has 4 heavy (non-hydrogen) atoms. The van der Waals surface area contributed by atoms with Gasteiger partial charge in [0.05, 0.1) is 0 Å². The zero-order chi connectivity index (χ0) is 0. The number of rotatable bonds is 0. The Bertz CT molecular complexity index is 8.00. The van der Waals surface area contributed by atoms with E-state index >= 15 is 0 Å². The summed E-state index contributed by atoms with van der Waals surface area (Å²) in [5, 5.41) is 0. The van der Waals surface area contributed by atoms with Crippen LogP contribution in [0.4, 0.5) is 0 Å². The zero-order valence-electron chi connectivity index (χ0n) is 1.56. The topological polar surface area (TPSA) is 0 Å². The van der Waals surface area contributed by atoms with E-state index in [1.165, 1.54) is 0 Å². The molecule has 4 heteroatoms. The van der Waals surface area contributed by atoms with E-state index in [1.807, 2.05) is 0 Å². The Labute approximate surface area is 85.0 Å². The summed E-state index contributed by atoms with van der Waals surface area (Å²) in [6.45, 7) is 0. The van der Waals surface area contributed by atoms with Crippen LogP contribution < -0.4 is 0 Å². The van der Waals surface area contributed by atoms with E-state index in [9.17, 15) is 0 Å². The third kappa shape index (κ3) is 8.85. The molecule has 0 bridgehead atoms. The van der Waals surface area contributed by atoms with Crippen LogP contribution in [0.3, 0.4) is 0 Å². The molecule has 0 heterocycles. The molecule has 0 aromatic heterocycles. The molecule has 0 rings (SSSR count). The molecule has 0 N–H and O–H groups in total. The summed E-state index contributed by atoms with van der Waals surface area (Å²) in [5.41, 5.74) is 0. The molecule has 5 radical (unpaired) electrons. The van der Waals surface area contributed by atoms with Crippen molar-refractivity contribution in [1.82, 2.24) is 0 Å². The first-order chi connectivity index (χ1) is 0. The molecule has 0 nitrogen and oxygen atoms in total. The molecule has 0 fully saturated rings. The molecule has 0 aliphatic heterocycles. The van der Waals surface area contributed by atoms with E-state index in [1.54, 1.807) is 0 Å². The minimum absolute atomic E-state index is 0. The molecule has 0 spiro atoms. The Balaban J connectivity index is 0. The first-order valence-electron chi connectivity index (χ1n) is 0. The molecule has 0 aliphatic carbocycles. The summed E-state index contributed by atoms with van der Waals surface area (Å²) < 4.78 is 0. The van der Waals surface area contributed by atoms with Crippen LogP contribution in [0.15, 0.2) is 0 Å². The predicted octanol–water partition coefficient (Wildman–Crippen LogP) is -0.388. The van der Waals surface area contributed by atoms with Gasteiger partial charge < -0.3 is 0 Å². The predicted molar refractivity (Wildman–Crippen MR) is 5.75 cm³/mol. The monoisotopic (exact) mass is 606 g/mol. The molecule has 0 amide bonds. The van der Waals surface area contributed by atoms with Gasteiger partial charge in [-0.3, -0.25) is 0 Å².